The number of hydrogen-bond acceptors (Lipinski definition) is 4. The Hall–Kier alpha value is -2.56. The third kappa shape index (κ3) is 3.92. The third-order valence-electron chi connectivity index (χ3n) is 4.15. The van der Waals surface area contributed by atoms with Gasteiger partial charge in [-0.25, -0.2) is 4.79 Å². The van der Waals surface area contributed by atoms with Gasteiger partial charge in [0.2, 0.25) is 0 Å². The van der Waals surface area contributed by atoms with Crippen LogP contribution in [0.3, 0.4) is 0 Å². The summed E-state index contributed by atoms with van der Waals surface area (Å²) in [6.45, 7) is 8.04. The van der Waals surface area contributed by atoms with Crippen molar-refractivity contribution in [3.8, 4) is 11.5 Å². The Morgan fingerprint density at radius 1 is 1.36 bits per heavy atom. The fourth-order valence-electron chi connectivity index (χ4n) is 2.88. The van der Waals surface area contributed by atoms with E-state index in [1.807, 2.05) is 45.9 Å². The van der Waals surface area contributed by atoms with Crippen molar-refractivity contribution in [1.29, 1.82) is 0 Å². The van der Waals surface area contributed by atoms with E-state index in [9.17, 15) is 9.59 Å². The summed E-state index contributed by atoms with van der Waals surface area (Å²) in [6.07, 6.45) is 4.05. The number of carboxylic acids is 1. The van der Waals surface area contributed by atoms with E-state index in [1.165, 1.54) is 6.08 Å². The molecule has 1 aliphatic heterocycles. The van der Waals surface area contributed by atoms with Gasteiger partial charge in [-0.2, -0.15) is 0 Å². The molecular weight excluding hydrogens is 320 g/mol. The van der Waals surface area contributed by atoms with Gasteiger partial charge < -0.3 is 14.6 Å². The molecule has 0 aliphatic carbocycles. The first-order chi connectivity index (χ1) is 11.7. The van der Waals surface area contributed by atoms with Gasteiger partial charge in [0, 0.05) is 17.0 Å². The molecule has 25 heavy (non-hydrogen) atoms. The number of carbonyl (C=O) groups excluding carboxylic acids is 1. The maximum atomic E-state index is 11.2. The smallest absolute Gasteiger partial charge is 0.339 e. The number of hydrogen-bond donors (Lipinski definition) is 1. The highest BCUT2D eigenvalue weighted by molar-refractivity contribution is 6.07. The fraction of sp³-hybridized carbons (Fsp3) is 0.400. The highest BCUT2D eigenvalue weighted by atomic mass is 16.5. The molecule has 134 valence electrons. The SMILES string of the molecule is CCc1cc2c(cc1OC)OC(C(C)(C)C)C(/C=C(\C=O)C(=O)O)=C2. The van der Waals surface area contributed by atoms with Crippen molar-refractivity contribution in [2.75, 3.05) is 7.11 Å². The second-order valence-corrected chi connectivity index (χ2v) is 7.09. The van der Waals surface area contributed by atoms with Gasteiger partial charge in [-0.1, -0.05) is 27.7 Å². The van der Waals surface area contributed by atoms with Gasteiger partial charge in [0.15, 0.2) is 6.29 Å². The van der Waals surface area contributed by atoms with Crippen LogP contribution in [0, 0.1) is 5.41 Å². The van der Waals surface area contributed by atoms with E-state index < -0.39 is 5.97 Å². The van der Waals surface area contributed by atoms with Gasteiger partial charge in [0.1, 0.15) is 17.6 Å². The molecule has 0 radical (unpaired) electrons. The molecule has 1 N–H and O–H groups in total. The van der Waals surface area contributed by atoms with Crippen molar-refractivity contribution in [2.45, 2.75) is 40.2 Å². The molecule has 1 aliphatic rings. The van der Waals surface area contributed by atoms with Gasteiger partial charge in [0.05, 0.1) is 12.7 Å². The molecule has 1 aromatic rings. The molecule has 5 nitrogen and oxygen atoms in total. The first-order valence-corrected chi connectivity index (χ1v) is 8.20. The summed E-state index contributed by atoms with van der Waals surface area (Å²) < 4.78 is 11.6. The Morgan fingerprint density at radius 2 is 2.04 bits per heavy atom. The van der Waals surface area contributed by atoms with Crippen molar-refractivity contribution >= 4 is 18.3 Å². The first-order valence-electron chi connectivity index (χ1n) is 8.20. The zero-order chi connectivity index (χ0) is 18.8. The standard InChI is InChI=1S/C20H24O5/c1-6-12-7-13-8-14(9-15(11-21)19(22)23)18(20(2,3)4)25-17(13)10-16(12)24-5/h7-11,18H,6H2,1-5H3,(H,22,23)/b15-9+. The summed E-state index contributed by atoms with van der Waals surface area (Å²) in [5, 5.41) is 9.15. The van der Waals surface area contributed by atoms with Crippen LogP contribution in [0.2, 0.25) is 0 Å². The minimum absolute atomic E-state index is 0.289. The lowest BCUT2D eigenvalue weighted by Crippen LogP contribution is -2.35. The van der Waals surface area contributed by atoms with E-state index in [0.717, 1.165) is 23.3 Å². The first kappa shape index (κ1) is 18.8. The lowest BCUT2D eigenvalue weighted by atomic mass is 9.81. The summed E-state index contributed by atoms with van der Waals surface area (Å²) in [5.41, 5.74) is 1.96. The molecule has 0 amide bonds. The minimum atomic E-state index is -1.25. The minimum Gasteiger partial charge on any atom is -0.496 e. The normalized spacial score (nSPS) is 17.2. The maximum absolute atomic E-state index is 11.2. The molecule has 0 spiro atoms. The molecule has 0 aromatic heterocycles. The Labute approximate surface area is 147 Å². The predicted octanol–water partition coefficient (Wildman–Crippen LogP) is 3.66. The number of aliphatic carboxylic acids is 1. The zero-order valence-corrected chi connectivity index (χ0v) is 15.3. The van der Waals surface area contributed by atoms with Crippen LogP contribution >= 0.6 is 0 Å². The Balaban J connectivity index is 2.64. The van der Waals surface area contributed by atoms with Crippen LogP contribution in [0.1, 0.15) is 38.8 Å². The third-order valence-corrected chi connectivity index (χ3v) is 4.15. The van der Waals surface area contributed by atoms with Crippen molar-refractivity contribution in [3.05, 3.63) is 40.5 Å². The molecule has 0 bridgehead atoms. The summed E-state index contributed by atoms with van der Waals surface area (Å²) in [7, 11) is 1.62. The number of methoxy groups -OCH3 is 1. The topological polar surface area (TPSA) is 72.8 Å². The number of aryl methyl sites for hydroxylation is 1. The summed E-state index contributed by atoms with van der Waals surface area (Å²) >= 11 is 0. The molecule has 2 rings (SSSR count). The van der Waals surface area contributed by atoms with Crippen LogP contribution in [-0.2, 0) is 16.0 Å². The van der Waals surface area contributed by atoms with E-state index in [1.54, 1.807) is 7.11 Å². The number of carbonyl (C=O) groups is 2. The van der Waals surface area contributed by atoms with E-state index in [0.29, 0.717) is 17.6 Å². The Kier molecular flexibility index (Phi) is 5.36. The molecule has 1 aromatic carbocycles. The second kappa shape index (κ2) is 7.13. The van der Waals surface area contributed by atoms with Gasteiger partial charge in [0.25, 0.3) is 0 Å². The number of ether oxygens (including phenoxy) is 2. The second-order valence-electron chi connectivity index (χ2n) is 7.09. The van der Waals surface area contributed by atoms with Gasteiger partial charge >= 0.3 is 5.97 Å². The van der Waals surface area contributed by atoms with Gasteiger partial charge in [-0.3, -0.25) is 4.79 Å². The van der Waals surface area contributed by atoms with Crippen molar-refractivity contribution in [1.82, 2.24) is 0 Å². The average Bonchev–Trinajstić information content (AvgIpc) is 2.56. The molecule has 0 fully saturated rings. The molecule has 5 heteroatoms. The number of benzene rings is 1. The highest BCUT2D eigenvalue weighted by Crippen LogP contribution is 2.40. The van der Waals surface area contributed by atoms with E-state index in [4.69, 9.17) is 14.6 Å². The zero-order valence-electron chi connectivity index (χ0n) is 15.3. The fourth-order valence-corrected chi connectivity index (χ4v) is 2.88. The monoisotopic (exact) mass is 344 g/mol. The maximum Gasteiger partial charge on any atom is 0.339 e. The summed E-state index contributed by atoms with van der Waals surface area (Å²) in [6, 6.07) is 3.84. The van der Waals surface area contributed by atoms with Crippen LogP contribution in [0.4, 0.5) is 0 Å². The molecule has 1 unspecified atom stereocenters. The Bertz CT molecular complexity index is 750. The van der Waals surface area contributed by atoms with E-state index >= 15 is 0 Å². The molecule has 0 saturated carbocycles. The lowest BCUT2D eigenvalue weighted by molar-refractivity contribution is -0.133. The van der Waals surface area contributed by atoms with Crippen molar-refractivity contribution < 1.29 is 24.2 Å². The highest BCUT2D eigenvalue weighted by Gasteiger charge is 2.33. The van der Waals surface area contributed by atoms with Gasteiger partial charge in [-0.15, -0.1) is 0 Å². The number of carboxylic acid groups (broad SMARTS) is 1. The van der Waals surface area contributed by atoms with Crippen LogP contribution in [0.15, 0.2) is 29.4 Å². The van der Waals surface area contributed by atoms with Crippen LogP contribution in [-0.4, -0.2) is 30.6 Å². The van der Waals surface area contributed by atoms with E-state index in [2.05, 4.69) is 0 Å². The van der Waals surface area contributed by atoms with Gasteiger partial charge in [-0.05, 0) is 35.8 Å². The van der Waals surface area contributed by atoms with Crippen molar-refractivity contribution in [3.63, 3.8) is 0 Å². The van der Waals surface area contributed by atoms with Crippen LogP contribution in [0.5, 0.6) is 11.5 Å². The largest absolute Gasteiger partial charge is 0.496 e. The average molecular weight is 344 g/mol. The van der Waals surface area contributed by atoms with Crippen LogP contribution < -0.4 is 9.47 Å². The Morgan fingerprint density at radius 3 is 2.52 bits per heavy atom. The van der Waals surface area contributed by atoms with Crippen molar-refractivity contribution in [2.24, 2.45) is 5.41 Å². The summed E-state index contributed by atoms with van der Waals surface area (Å²) in [5.74, 6) is 0.202. The molecule has 0 saturated heterocycles. The van der Waals surface area contributed by atoms with Crippen LogP contribution in [0.25, 0.3) is 6.08 Å². The molecule has 1 heterocycles. The summed E-state index contributed by atoms with van der Waals surface area (Å²) in [4.78, 5) is 22.3. The number of rotatable bonds is 5. The lowest BCUT2D eigenvalue weighted by Gasteiger charge is -2.35. The van der Waals surface area contributed by atoms with E-state index in [-0.39, 0.29) is 17.1 Å². The predicted molar refractivity (Wildman–Crippen MR) is 96.0 cm³/mol. The quantitative estimate of drug-likeness (QED) is 0.382. The molecular formula is C20H24O5. The number of fused-ring (bicyclic) bond motifs is 1. The molecule has 1 atom stereocenters. The number of aldehydes is 1.